The molecule has 0 amide bonds. The molecule has 52 valence electrons. The molecule has 0 saturated heterocycles. The second-order valence-electron chi connectivity index (χ2n) is 1.79. The third-order valence-corrected chi connectivity index (χ3v) is 1.48. The molecular weight excluding hydrogens is 192 g/mol. The van der Waals surface area contributed by atoms with E-state index < -0.39 is 0 Å². The second kappa shape index (κ2) is 3.46. The molecule has 0 saturated carbocycles. The minimum atomic E-state index is 0.880. The van der Waals surface area contributed by atoms with Crippen molar-refractivity contribution < 1.29 is 0 Å². The van der Waals surface area contributed by atoms with Crippen LogP contribution in [0.15, 0.2) is 27.8 Å². The zero-order valence-electron chi connectivity index (χ0n) is 5.58. The number of aromatic nitrogens is 1. The van der Waals surface area contributed by atoms with Crippen molar-refractivity contribution in [3.05, 3.63) is 28.5 Å². The lowest BCUT2D eigenvalue weighted by molar-refractivity contribution is 1.28. The molecule has 1 heterocycles. The molecule has 0 atom stereocenters. The van der Waals surface area contributed by atoms with Gasteiger partial charge in [-0.2, -0.15) is 0 Å². The van der Waals surface area contributed by atoms with E-state index in [4.69, 9.17) is 0 Å². The van der Waals surface area contributed by atoms with Crippen LogP contribution in [-0.2, 0) is 0 Å². The van der Waals surface area contributed by atoms with E-state index in [1.807, 2.05) is 12.1 Å². The van der Waals surface area contributed by atoms with E-state index in [9.17, 15) is 0 Å². The van der Waals surface area contributed by atoms with Gasteiger partial charge in [0.25, 0.3) is 0 Å². The largest absolute Gasteiger partial charge is 0.294 e. The molecule has 0 N–H and O–H groups in total. The number of nitrogens with zero attached hydrogens (tertiary/aromatic N) is 2. The number of hydrogen-bond acceptors (Lipinski definition) is 2. The van der Waals surface area contributed by atoms with E-state index in [2.05, 4.69) is 25.9 Å². The number of pyridine rings is 1. The summed E-state index contributed by atoms with van der Waals surface area (Å²) in [4.78, 5) is 7.90. The Kier molecular flexibility index (Phi) is 2.57. The van der Waals surface area contributed by atoms with Gasteiger partial charge in [0.05, 0.1) is 5.69 Å². The molecule has 3 heteroatoms. The minimum Gasteiger partial charge on any atom is -0.294 e. The summed E-state index contributed by atoms with van der Waals surface area (Å²) >= 11 is 3.29. The molecular formula is C7H7BrN2. The molecule has 0 fully saturated rings. The number of hydrogen-bond donors (Lipinski definition) is 0. The summed E-state index contributed by atoms with van der Waals surface area (Å²) < 4.78 is 0.987. The smallest absolute Gasteiger partial charge is 0.0808 e. The van der Waals surface area contributed by atoms with Gasteiger partial charge in [0.1, 0.15) is 0 Å². The Morgan fingerprint density at radius 3 is 2.90 bits per heavy atom. The minimum absolute atomic E-state index is 0.880. The first-order chi connectivity index (χ1) is 4.83. The van der Waals surface area contributed by atoms with Crippen LogP contribution in [0.3, 0.4) is 0 Å². The Bertz CT molecular complexity index is 228. The normalized spacial score (nSPS) is 10.6. The maximum atomic E-state index is 4.07. The summed E-state index contributed by atoms with van der Waals surface area (Å²) in [6.45, 7) is 0. The third kappa shape index (κ3) is 1.92. The average Bonchev–Trinajstić information content (AvgIpc) is 1.95. The van der Waals surface area contributed by atoms with Crippen LogP contribution in [0.25, 0.3) is 0 Å². The number of rotatable bonds is 1. The van der Waals surface area contributed by atoms with Gasteiger partial charge in [-0.15, -0.1) is 0 Å². The van der Waals surface area contributed by atoms with Gasteiger partial charge in [-0.05, 0) is 28.1 Å². The lowest BCUT2D eigenvalue weighted by Gasteiger charge is -1.89. The predicted octanol–water partition coefficient (Wildman–Crippen LogP) is 1.89. The van der Waals surface area contributed by atoms with Crippen LogP contribution in [0.2, 0.25) is 0 Å². The van der Waals surface area contributed by atoms with Crippen LogP contribution in [0.5, 0.6) is 0 Å². The maximum Gasteiger partial charge on any atom is 0.0808 e. The molecule has 0 unspecified atom stereocenters. The molecule has 0 radical (unpaired) electrons. The third-order valence-electron chi connectivity index (χ3n) is 1.01. The van der Waals surface area contributed by atoms with Crippen molar-refractivity contribution in [1.29, 1.82) is 0 Å². The highest BCUT2D eigenvalue weighted by Gasteiger charge is 1.86. The van der Waals surface area contributed by atoms with Gasteiger partial charge in [-0.3, -0.25) is 9.98 Å². The zero-order chi connectivity index (χ0) is 7.40. The predicted molar refractivity (Wildman–Crippen MR) is 45.5 cm³/mol. The molecule has 0 aliphatic carbocycles. The molecule has 0 aliphatic rings. The van der Waals surface area contributed by atoms with Crippen molar-refractivity contribution in [3.63, 3.8) is 0 Å². The van der Waals surface area contributed by atoms with Crippen LogP contribution in [0.1, 0.15) is 5.69 Å². The van der Waals surface area contributed by atoms with E-state index in [-0.39, 0.29) is 0 Å². The van der Waals surface area contributed by atoms with Gasteiger partial charge in [0.15, 0.2) is 0 Å². The highest BCUT2D eigenvalue weighted by molar-refractivity contribution is 9.10. The van der Waals surface area contributed by atoms with Gasteiger partial charge in [-0.1, -0.05) is 0 Å². The van der Waals surface area contributed by atoms with E-state index in [0.717, 1.165) is 10.2 Å². The van der Waals surface area contributed by atoms with Crippen LogP contribution in [0, 0.1) is 0 Å². The van der Waals surface area contributed by atoms with Crippen molar-refractivity contribution >= 4 is 22.1 Å². The molecule has 10 heavy (non-hydrogen) atoms. The first kappa shape index (κ1) is 7.41. The number of aliphatic imine (C=N–C) groups is 1. The molecule has 0 aromatic carbocycles. The Labute approximate surface area is 68.1 Å². The summed E-state index contributed by atoms with van der Waals surface area (Å²) in [5.41, 5.74) is 0.880. The molecule has 1 aromatic rings. The Morgan fingerprint density at radius 1 is 1.60 bits per heavy atom. The standard InChI is InChI=1S/C7H7BrN2/c1-9-5-7-3-2-6(8)4-10-7/h2-5H,1H3. The topological polar surface area (TPSA) is 25.2 Å². The summed E-state index contributed by atoms with van der Waals surface area (Å²) in [7, 11) is 1.73. The van der Waals surface area contributed by atoms with E-state index >= 15 is 0 Å². The van der Waals surface area contributed by atoms with Crippen molar-refractivity contribution in [2.75, 3.05) is 7.05 Å². The Hall–Kier alpha value is -0.700. The lowest BCUT2D eigenvalue weighted by atomic mass is 10.4. The van der Waals surface area contributed by atoms with Gasteiger partial charge >= 0.3 is 0 Å². The summed E-state index contributed by atoms with van der Waals surface area (Å²) in [6, 6.07) is 3.83. The van der Waals surface area contributed by atoms with E-state index in [0.29, 0.717) is 0 Å². The average molecular weight is 199 g/mol. The molecule has 0 bridgehead atoms. The van der Waals surface area contributed by atoms with Crippen molar-refractivity contribution in [1.82, 2.24) is 4.98 Å². The maximum absolute atomic E-state index is 4.07. The molecule has 0 spiro atoms. The van der Waals surface area contributed by atoms with Gasteiger partial charge < -0.3 is 0 Å². The monoisotopic (exact) mass is 198 g/mol. The summed E-state index contributed by atoms with van der Waals surface area (Å²) in [5, 5.41) is 0. The van der Waals surface area contributed by atoms with Crippen molar-refractivity contribution in [2.45, 2.75) is 0 Å². The van der Waals surface area contributed by atoms with Gasteiger partial charge in [0, 0.05) is 23.9 Å². The van der Waals surface area contributed by atoms with Crippen molar-refractivity contribution in [2.24, 2.45) is 4.99 Å². The fourth-order valence-electron chi connectivity index (χ4n) is 0.596. The molecule has 2 nitrogen and oxygen atoms in total. The Morgan fingerprint density at radius 2 is 2.40 bits per heavy atom. The highest BCUT2D eigenvalue weighted by Crippen LogP contribution is 2.05. The fourth-order valence-corrected chi connectivity index (χ4v) is 0.830. The van der Waals surface area contributed by atoms with Crippen LogP contribution >= 0.6 is 15.9 Å². The van der Waals surface area contributed by atoms with Crippen LogP contribution in [0.4, 0.5) is 0 Å². The Balaban J connectivity index is 2.89. The van der Waals surface area contributed by atoms with E-state index in [1.54, 1.807) is 19.5 Å². The molecule has 0 aliphatic heterocycles. The van der Waals surface area contributed by atoms with Gasteiger partial charge in [-0.25, -0.2) is 0 Å². The fraction of sp³-hybridized carbons (Fsp3) is 0.143. The lowest BCUT2D eigenvalue weighted by Crippen LogP contribution is -1.84. The number of halogens is 1. The SMILES string of the molecule is CN=Cc1ccc(Br)cn1. The van der Waals surface area contributed by atoms with Crippen LogP contribution in [-0.4, -0.2) is 18.2 Å². The summed E-state index contributed by atoms with van der Waals surface area (Å²) in [6.07, 6.45) is 3.46. The van der Waals surface area contributed by atoms with Gasteiger partial charge in [0.2, 0.25) is 0 Å². The van der Waals surface area contributed by atoms with E-state index in [1.165, 1.54) is 0 Å². The first-order valence-electron chi connectivity index (χ1n) is 2.86. The van der Waals surface area contributed by atoms with Crippen LogP contribution < -0.4 is 0 Å². The summed E-state index contributed by atoms with van der Waals surface area (Å²) in [5.74, 6) is 0. The molecule has 1 rings (SSSR count). The first-order valence-corrected chi connectivity index (χ1v) is 3.66. The van der Waals surface area contributed by atoms with Crippen molar-refractivity contribution in [3.8, 4) is 0 Å². The quantitative estimate of drug-likeness (QED) is 0.634. The zero-order valence-corrected chi connectivity index (χ0v) is 7.17. The second-order valence-corrected chi connectivity index (χ2v) is 2.70. The molecule has 1 aromatic heterocycles. The highest BCUT2D eigenvalue weighted by atomic mass is 79.9.